The quantitative estimate of drug-likeness (QED) is 0.116. The van der Waals surface area contributed by atoms with Crippen LogP contribution in [0.2, 0.25) is 0 Å². The first kappa shape index (κ1) is 64.3. The molecule has 0 fully saturated rings. The first-order chi connectivity index (χ1) is 53.3. The number of benzene rings is 18. The van der Waals surface area contributed by atoms with Crippen LogP contribution >= 0.6 is 15.9 Å². The molecule has 2 N–H and O–H groups in total. The lowest BCUT2D eigenvalue weighted by atomic mass is 9.72. The molecule has 22 rings (SSSR count). The van der Waals surface area contributed by atoms with Gasteiger partial charge < -0.3 is 27.7 Å². The molecule has 0 saturated heterocycles. The van der Waals surface area contributed by atoms with E-state index in [1.807, 2.05) is 115 Å². The van der Waals surface area contributed by atoms with Crippen LogP contribution in [-0.2, 0) is 0 Å². The van der Waals surface area contributed by atoms with Crippen molar-refractivity contribution in [3.05, 3.63) is 368 Å². The molecular weight excluding hydrogens is 1390 g/mol. The number of para-hydroxylation sites is 6. The normalized spacial score (nSPS) is 11.7. The van der Waals surface area contributed by atoms with Crippen molar-refractivity contribution in [1.29, 1.82) is 0 Å². The highest BCUT2D eigenvalue weighted by atomic mass is 79.9. The Morgan fingerprint density at radius 1 is 0.194 bits per heavy atom. The zero-order valence-electron chi connectivity index (χ0n) is 58.1. The molecule has 18 aromatic carbocycles. The lowest BCUT2D eigenvalue weighted by Gasteiger charge is -2.18. The van der Waals surface area contributed by atoms with Gasteiger partial charge in [-0.2, -0.15) is 0 Å². The molecule has 0 amide bonds. The van der Waals surface area contributed by atoms with Crippen molar-refractivity contribution >= 4 is 159 Å². The lowest BCUT2D eigenvalue weighted by molar-refractivity contribution is 0.426. The third kappa shape index (κ3) is 11.1. The summed E-state index contributed by atoms with van der Waals surface area (Å²) in [6, 6.07) is 127. The van der Waals surface area contributed by atoms with E-state index in [2.05, 4.69) is 265 Å². The van der Waals surface area contributed by atoms with E-state index < -0.39 is 7.12 Å². The summed E-state index contributed by atoms with van der Waals surface area (Å²) in [4.78, 5) is 0. The summed E-state index contributed by atoms with van der Waals surface area (Å²) in [7, 11) is -1.55. The van der Waals surface area contributed by atoms with Gasteiger partial charge in [-0.15, -0.1) is 0 Å². The van der Waals surface area contributed by atoms with E-state index >= 15 is 0 Å². The Morgan fingerprint density at radius 2 is 0.481 bits per heavy atom. The van der Waals surface area contributed by atoms with Crippen molar-refractivity contribution < 1.29 is 27.7 Å². The van der Waals surface area contributed by atoms with E-state index in [0.717, 1.165) is 153 Å². The van der Waals surface area contributed by atoms with Crippen molar-refractivity contribution in [2.45, 2.75) is 0 Å². The second kappa shape index (κ2) is 26.7. The van der Waals surface area contributed by atoms with Gasteiger partial charge in [-0.05, 0) is 182 Å². The van der Waals surface area contributed by atoms with Gasteiger partial charge >= 0.3 is 7.12 Å². The van der Waals surface area contributed by atoms with E-state index in [4.69, 9.17) is 17.7 Å². The Bertz CT molecular complexity index is 7190. The zero-order valence-corrected chi connectivity index (χ0v) is 59.7. The number of furan rings is 4. The molecule has 0 aliphatic rings. The van der Waals surface area contributed by atoms with Crippen LogP contribution in [0.4, 0.5) is 0 Å². The molecule has 0 atom stereocenters. The van der Waals surface area contributed by atoms with Gasteiger partial charge in [0.1, 0.15) is 44.7 Å². The molecule has 6 nitrogen and oxygen atoms in total. The van der Waals surface area contributed by atoms with Crippen LogP contribution in [0.1, 0.15) is 0 Å². The molecule has 0 spiro atoms. The number of rotatable bonds is 8. The molecule has 0 saturated carbocycles. The Hall–Kier alpha value is -13.3. The Labute approximate surface area is 629 Å². The Kier molecular flexibility index (Phi) is 15.9. The van der Waals surface area contributed by atoms with Crippen LogP contribution in [0.25, 0.3) is 209 Å². The topological polar surface area (TPSA) is 93.0 Å². The second-order valence-corrected chi connectivity index (χ2v) is 28.4. The minimum Gasteiger partial charge on any atom is -0.456 e. The smallest absolute Gasteiger partial charge is 0.456 e. The van der Waals surface area contributed by atoms with E-state index in [1.54, 1.807) is 0 Å². The van der Waals surface area contributed by atoms with Crippen LogP contribution in [0.5, 0.6) is 0 Å². The van der Waals surface area contributed by atoms with Crippen LogP contribution in [0.3, 0.4) is 0 Å². The molecule has 0 aliphatic carbocycles. The van der Waals surface area contributed by atoms with Gasteiger partial charge in [0.2, 0.25) is 0 Å². The molecule has 8 heteroatoms. The van der Waals surface area contributed by atoms with Gasteiger partial charge in [0.25, 0.3) is 0 Å². The fourth-order valence-corrected chi connectivity index (χ4v) is 16.8. The third-order valence-corrected chi connectivity index (χ3v) is 21.8. The molecular formula is C100H62BBrO6. The number of hydrogen-bond acceptors (Lipinski definition) is 6. The molecule has 4 aromatic heterocycles. The van der Waals surface area contributed by atoms with E-state index in [0.29, 0.717) is 5.46 Å². The van der Waals surface area contributed by atoms with Crippen molar-refractivity contribution in [2.24, 2.45) is 0 Å². The minimum absolute atomic E-state index is 0.544. The van der Waals surface area contributed by atoms with Gasteiger partial charge in [-0.1, -0.05) is 313 Å². The standard InChI is InChI=1S/C50H30O2.C32H21BO3.C18H11BrO/c1-3-17-41-39(15-1)48(32-25-23-31(24-26-32)33-27-28-47-44(30-33)38-14-6-7-21-45(38)51-47)40-16-2-4-18-42(40)49(41)35-12-9-11-34(29-35)36-19-10-20-43-37-13-5-8-22-46(37)52-50(36)43;34-33(35)32-26-10-3-1-8-24(26)31(25-9-2-4-11-27(25)32)21-15-13-20(14-16-21)22-17-18-30-28(19-22)23-7-5-6-12-29(23)36-30;19-13-6-3-5-12(11-13)14-8-4-9-16-15-7-1-2-10-17(15)20-18(14)16/h1-30H;1-19,34-35H;1-11H. The summed E-state index contributed by atoms with van der Waals surface area (Å²) in [5.74, 6) is 0. The minimum atomic E-state index is -1.55. The molecule has 508 valence electrons. The highest BCUT2D eigenvalue weighted by Gasteiger charge is 2.24. The molecule has 108 heavy (non-hydrogen) atoms. The second-order valence-electron chi connectivity index (χ2n) is 27.5. The first-order valence-electron chi connectivity index (χ1n) is 36.2. The summed E-state index contributed by atoms with van der Waals surface area (Å²) < 4.78 is 25.7. The fourth-order valence-electron chi connectivity index (χ4n) is 16.4. The maximum Gasteiger partial charge on any atom is 0.489 e. The third-order valence-electron chi connectivity index (χ3n) is 21.3. The molecule has 22 aromatic rings. The fraction of sp³-hybridized carbons (Fsp3) is 0. The summed E-state index contributed by atoms with van der Waals surface area (Å²) in [5.41, 5.74) is 24.1. The van der Waals surface area contributed by atoms with E-state index in [-0.39, 0.29) is 0 Å². The Balaban J connectivity index is 0.000000118. The summed E-state index contributed by atoms with van der Waals surface area (Å²) in [6.07, 6.45) is 0. The average molecular weight is 1450 g/mol. The molecule has 4 heterocycles. The van der Waals surface area contributed by atoms with Gasteiger partial charge in [0, 0.05) is 58.7 Å². The molecule has 0 bridgehead atoms. The Morgan fingerprint density at radius 3 is 0.889 bits per heavy atom. The van der Waals surface area contributed by atoms with Gasteiger partial charge in [0.15, 0.2) is 0 Å². The van der Waals surface area contributed by atoms with Gasteiger partial charge in [-0.25, -0.2) is 0 Å². The number of halogens is 1. The van der Waals surface area contributed by atoms with Crippen molar-refractivity contribution in [3.63, 3.8) is 0 Å². The van der Waals surface area contributed by atoms with Crippen molar-refractivity contribution in [3.8, 4) is 77.9 Å². The SMILES string of the molecule is Brc1cccc(-c2cccc3c2oc2ccccc23)c1.OB(O)c1c2ccccc2c(-c2ccc(-c3ccc4oc5ccccc5c4c3)cc2)c2ccccc12.c1cc(-c2c3ccccc3c(-c3ccc(-c4ccc5oc6ccccc6c5c4)cc3)c3ccccc23)cc(-c2cccc3c2oc2ccccc23)c1. The summed E-state index contributed by atoms with van der Waals surface area (Å²) >= 11 is 3.53. The maximum atomic E-state index is 10.2. The monoisotopic (exact) mass is 1450 g/mol. The molecule has 0 radical (unpaired) electrons. The maximum absolute atomic E-state index is 10.2. The summed E-state index contributed by atoms with van der Waals surface area (Å²) in [6.45, 7) is 0. The highest BCUT2D eigenvalue weighted by Crippen LogP contribution is 2.47. The van der Waals surface area contributed by atoms with Crippen LogP contribution in [-0.4, -0.2) is 17.2 Å². The first-order valence-corrected chi connectivity index (χ1v) is 37.0. The van der Waals surface area contributed by atoms with Crippen LogP contribution in [0.15, 0.2) is 386 Å². The van der Waals surface area contributed by atoms with E-state index in [9.17, 15) is 10.0 Å². The molecule has 0 aliphatic heterocycles. The van der Waals surface area contributed by atoms with Gasteiger partial charge in [0.05, 0.1) is 0 Å². The van der Waals surface area contributed by atoms with Gasteiger partial charge in [-0.3, -0.25) is 0 Å². The van der Waals surface area contributed by atoms with Crippen molar-refractivity contribution in [1.82, 2.24) is 0 Å². The largest absolute Gasteiger partial charge is 0.489 e. The highest BCUT2D eigenvalue weighted by molar-refractivity contribution is 9.10. The predicted molar refractivity (Wildman–Crippen MR) is 454 cm³/mol. The molecule has 0 unspecified atom stereocenters. The average Bonchev–Trinajstić information content (AvgIpc) is 1.02. The summed E-state index contributed by atoms with van der Waals surface area (Å²) in [5, 5.41) is 38.2. The van der Waals surface area contributed by atoms with E-state index in [1.165, 1.54) is 60.3 Å². The van der Waals surface area contributed by atoms with Crippen LogP contribution in [0, 0.1) is 0 Å². The zero-order chi connectivity index (χ0) is 71.9. The lowest BCUT2D eigenvalue weighted by Crippen LogP contribution is -2.31. The van der Waals surface area contributed by atoms with Crippen LogP contribution < -0.4 is 5.46 Å². The number of fused-ring (bicyclic) bond motifs is 16. The predicted octanol–water partition coefficient (Wildman–Crippen LogP) is 27.4. The van der Waals surface area contributed by atoms with Crippen molar-refractivity contribution in [2.75, 3.05) is 0 Å². The number of hydrogen-bond donors (Lipinski definition) is 2.